The zero-order valence-electron chi connectivity index (χ0n) is 8.46. The molecule has 0 aliphatic rings. The largest absolute Gasteiger partial charge is 0.349 e. The summed E-state index contributed by atoms with van der Waals surface area (Å²) >= 11 is 5.56. The Bertz CT molecular complexity index is 352. The van der Waals surface area contributed by atoms with Gasteiger partial charge in [0.05, 0.1) is 0 Å². The molecule has 0 radical (unpaired) electrons. The van der Waals surface area contributed by atoms with Gasteiger partial charge in [0.2, 0.25) is 0 Å². The molecule has 0 unspecified atom stereocenters. The lowest BCUT2D eigenvalue weighted by Gasteiger charge is -2.00. The lowest BCUT2D eigenvalue weighted by molar-refractivity contribution is 0.0988. The van der Waals surface area contributed by atoms with Crippen LogP contribution in [0.25, 0.3) is 0 Å². The van der Waals surface area contributed by atoms with Crippen molar-refractivity contribution in [3.05, 3.63) is 35.1 Å². The van der Waals surface area contributed by atoms with Crippen LogP contribution in [0.15, 0.2) is 29.6 Å². The van der Waals surface area contributed by atoms with E-state index < -0.39 is 0 Å². The van der Waals surface area contributed by atoms with Crippen molar-refractivity contribution >= 4 is 17.4 Å². The van der Waals surface area contributed by atoms with Gasteiger partial charge in [-0.3, -0.25) is 4.79 Å². The molecule has 76 valence electrons. The monoisotopic (exact) mass is 211 g/mol. The molecule has 14 heavy (non-hydrogen) atoms. The van der Waals surface area contributed by atoms with Crippen molar-refractivity contribution < 1.29 is 4.79 Å². The highest BCUT2D eigenvalue weighted by Crippen LogP contribution is 2.07. The molecule has 0 bridgehead atoms. The summed E-state index contributed by atoms with van der Waals surface area (Å²) < 4.78 is 1.96. The molecule has 1 aromatic rings. The van der Waals surface area contributed by atoms with E-state index in [1.165, 1.54) is 0 Å². The highest BCUT2D eigenvalue weighted by Gasteiger charge is 2.04. The van der Waals surface area contributed by atoms with Gasteiger partial charge < -0.3 is 4.57 Å². The zero-order valence-corrected chi connectivity index (χ0v) is 9.21. The number of ketones is 1. The minimum Gasteiger partial charge on any atom is -0.349 e. The van der Waals surface area contributed by atoms with Gasteiger partial charge >= 0.3 is 0 Å². The third-order valence-corrected chi connectivity index (χ3v) is 2.38. The van der Waals surface area contributed by atoms with E-state index in [1.807, 2.05) is 36.9 Å². The molecule has 0 aliphatic carbocycles. The van der Waals surface area contributed by atoms with E-state index in [0.717, 1.165) is 17.7 Å². The van der Waals surface area contributed by atoms with Crippen molar-refractivity contribution in [2.75, 3.05) is 0 Å². The van der Waals surface area contributed by atoms with Crippen molar-refractivity contribution in [2.45, 2.75) is 26.8 Å². The smallest absolute Gasteiger partial charge is 0.164 e. The SMILES string of the molecule is CCC(=O)c1ccn(C/C(C)=C/Cl)c1. The minimum absolute atomic E-state index is 0.177. The van der Waals surface area contributed by atoms with Crippen LogP contribution in [-0.4, -0.2) is 10.4 Å². The van der Waals surface area contributed by atoms with E-state index in [1.54, 1.807) is 5.54 Å². The summed E-state index contributed by atoms with van der Waals surface area (Å²) in [6.07, 6.45) is 4.30. The fourth-order valence-corrected chi connectivity index (χ4v) is 1.30. The van der Waals surface area contributed by atoms with Crippen LogP contribution in [-0.2, 0) is 6.54 Å². The average Bonchev–Trinajstić information content (AvgIpc) is 2.65. The lowest BCUT2D eigenvalue weighted by atomic mass is 10.2. The van der Waals surface area contributed by atoms with Crippen LogP contribution < -0.4 is 0 Å². The Morgan fingerprint density at radius 3 is 2.93 bits per heavy atom. The van der Waals surface area contributed by atoms with Gasteiger partial charge in [0.15, 0.2) is 5.78 Å². The van der Waals surface area contributed by atoms with Crippen LogP contribution in [0.1, 0.15) is 30.6 Å². The first-order valence-corrected chi connectivity index (χ1v) is 5.05. The van der Waals surface area contributed by atoms with E-state index in [0.29, 0.717) is 6.42 Å². The molecule has 2 nitrogen and oxygen atoms in total. The molecule has 0 amide bonds. The molecule has 0 atom stereocenters. The van der Waals surface area contributed by atoms with Gasteiger partial charge in [-0.15, -0.1) is 0 Å². The molecule has 0 saturated heterocycles. The fourth-order valence-electron chi connectivity index (χ4n) is 1.23. The molecule has 0 aromatic carbocycles. The van der Waals surface area contributed by atoms with Gasteiger partial charge in [-0.1, -0.05) is 18.5 Å². The normalized spacial score (nSPS) is 11.8. The van der Waals surface area contributed by atoms with Gasteiger partial charge in [-0.2, -0.15) is 0 Å². The Balaban J connectivity index is 2.73. The second-order valence-corrected chi connectivity index (χ2v) is 3.52. The predicted octanol–water partition coefficient (Wildman–Crippen LogP) is 3.22. The quantitative estimate of drug-likeness (QED) is 0.701. The molecule has 0 aliphatic heterocycles. The second kappa shape index (κ2) is 5.01. The second-order valence-electron chi connectivity index (χ2n) is 3.30. The van der Waals surface area contributed by atoms with Crippen LogP contribution in [0.5, 0.6) is 0 Å². The number of carbonyl (C=O) groups excluding carboxylic acids is 1. The van der Waals surface area contributed by atoms with Crippen molar-refractivity contribution in [2.24, 2.45) is 0 Å². The van der Waals surface area contributed by atoms with Gasteiger partial charge in [0.25, 0.3) is 0 Å². The summed E-state index contributed by atoms with van der Waals surface area (Å²) in [5.74, 6) is 0.177. The molecule has 0 fully saturated rings. The van der Waals surface area contributed by atoms with Gasteiger partial charge in [-0.05, 0) is 18.6 Å². The number of hydrogen-bond acceptors (Lipinski definition) is 1. The Kier molecular flexibility index (Phi) is 3.96. The number of hydrogen-bond donors (Lipinski definition) is 0. The van der Waals surface area contributed by atoms with Crippen molar-refractivity contribution in [1.82, 2.24) is 4.57 Å². The summed E-state index contributed by atoms with van der Waals surface area (Å²) in [7, 11) is 0. The van der Waals surface area contributed by atoms with E-state index in [2.05, 4.69) is 0 Å². The maximum absolute atomic E-state index is 11.3. The minimum atomic E-state index is 0.177. The number of rotatable bonds is 4. The third-order valence-electron chi connectivity index (χ3n) is 2.01. The molecular weight excluding hydrogens is 198 g/mol. The van der Waals surface area contributed by atoms with Crippen LogP contribution in [0, 0.1) is 0 Å². The Hall–Kier alpha value is -1.02. The summed E-state index contributed by atoms with van der Waals surface area (Å²) in [6.45, 7) is 4.55. The molecule has 1 heterocycles. The summed E-state index contributed by atoms with van der Waals surface area (Å²) in [5, 5.41) is 0. The fraction of sp³-hybridized carbons (Fsp3) is 0.364. The van der Waals surface area contributed by atoms with Gasteiger partial charge in [-0.25, -0.2) is 0 Å². The first kappa shape index (κ1) is 11.1. The maximum atomic E-state index is 11.3. The standard InChI is InChI=1S/C11H14ClNO/c1-3-11(14)10-4-5-13(8-10)7-9(2)6-12/h4-6,8H,3,7H2,1-2H3/b9-6+. The zero-order chi connectivity index (χ0) is 10.6. The Morgan fingerprint density at radius 1 is 1.64 bits per heavy atom. The summed E-state index contributed by atoms with van der Waals surface area (Å²) in [6, 6.07) is 1.84. The highest BCUT2D eigenvalue weighted by atomic mass is 35.5. The number of Topliss-reactive ketones (excluding diaryl/α,β-unsaturated/α-hetero) is 1. The average molecular weight is 212 g/mol. The first-order valence-electron chi connectivity index (χ1n) is 4.62. The van der Waals surface area contributed by atoms with Crippen LogP contribution in [0.4, 0.5) is 0 Å². The number of allylic oxidation sites excluding steroid dienone is 1. The first-order chi connectivity index (χ1) is 6.67. The number of halogens is 1. The van der Waals surface area contributed by atoms with Crippen LogP contribution in [0.3, 0.4) is 0 Å². The molecule has 1 rings (SSSR count). The molecular formula is C11H14ClNO. The maximum Gasteiger partial charge on any atom is 0.164 e. The van der Waals surface area contributed by atoms with E-state index >= 15 is 0 Å². The molecule has 1 aromatic heterocycles. The Morgan fingerprint density at radius 2 is 2.36 bits per heavy atom. The number of aromatic nitrogens is 1. The molecule has 0 N–H and O–H groups in total. The van der Waals surface area contributed by atoms with Crippen LogP contribution >= 0.6 is 11.6 Å². The summed E-state index contributed by atoms with van der Waals surface area (Å²) in [4.78, 5) is 11.3. The van der Waals surface area contributed by atoms with Crippen molar-refractivity contribution in [1.29, 1.82) is 0 Å². The highest BCUT2D eigenvalue weighted by molar-refractivity contribution is 6.25. The molecule has 0 spiro atoms. The van der Waals surface area contributed by atoms with Gasteiger partial charge in [0, 0.05) is 36.5 Å². The summed E-state index contributed by atoms with van der Waals surface area (Å²) in [5.41, 5.74) is 3.40. The topological polar surface area (TPSA) is 22.0 Å². The van der Waals surface area contributed by atoms with E-state index in [9.17, 15) is 4.79 Å². The van der Waals surface area contributed by atoms with Crippen LogP contribution in [0.2, 0.25) is 0 Å². The Labute approximate surface area is 89.2 Å². The third kappa shape index (κ3) is 2.74. The van der Waals surface area contributed by atoms with Crippen molar-refractivity contribution in [3.63, 3.8) is 0 Å². The number of carbonyl (C=O) groups is 1. The molecule has 3 heteroatoms. The molecule has 0 saturated carbocycles. The van der Waals surface area contributed by atoms with E-state index in [4.69, 9.17) is 11.6 Å². The van der Waals surface area contributed by atoms with E-state index in [-0.39, 0.29) is 5.78 Å². The lowest BCUT2D eigenvalue weighted by Crippen LogP contribution is -1.97. The predicted molar refractivity (Wildman–Crippen MR) is 58.7 cm³/mol. The van der Waals surface area contributed by atoms with Crippen molar-refractivity contribution in [3.8, 4) is 0 Å². The number of nitrogens with zero attached hydrogens (tertiary/aromatic N) is 1. The van der Waals surface area contributed by atoms with Gasteiger partial charge in [0.1, 0.15) is 0 Å².